The molecule has 7 heteroatoms. The maximum absolute atomic E-state index is 12.6. The molecule has 1 aromatic rings. The first-order valence-electron chi connectivity index (χ1n) is 7.35. The van der Waals surface area contributed by atoms with E-state index in [-0.39, 0.29) is 0 Å². The summed E-state index contributed by atoms with van der Waals surface area (Å²) < 4.78 is 37.8. The molecule has 1 unspecified atom stereocenters. The van der Waals surface area contributed by atoms with Crippen molar-refractivity contribution in [1.29, 1.82) is 0 Å². The van der Waals surface area contributed by atoms with Crippen LogP contribution in [0.15, 0.2) is 12.1 Å². The number of rotatable bonds is 3. The maximum Gasteiger partial charge on any atom is 0.425 e. The van der Waals surface area contributed by atoms with Gasteiger partial charge in [0.25, 0.3) is 0 Å². The lowest BCUT2D eigenvalue weighted by molar-refractivity contribution is -0.134. The van der Waals surface area contributed by atoms with Gasteiger partial charge in [-0.1, -0.05) is 0 Å². The Bertz CT molecular complexity index is 468. The molecule has 1 atom stereocenters. The SMILES string of the molecule is FC(F)(F)c1ccc(CN2CCC(N3CCNCC3)C2)s1. The summed E-state index contributed by atoms with van der Waals surface area (Å²) in [6, 6.07) is 3.38. The number of thiophene rings is 1. The van der Waals surface area contributed by atoms with Crippen molar-refractivity contribution in [2.75, 3.05) is 39.3 Å². The van der Waals surface area contributed by atoms with Gasteiger partial charge in [-0.05, 0) is 18.6 Å². The third-order valence-electron chi connectivity index (χ3n) is 4.24. The molecule has 2 saturated heterocycles. The van der Waals surface area contributed by atoms with Crippen LogP contribution in [0.4, 0.5) is 13.2 Å². The number of alkyl halides is 3. The zero-order valence-corrected chi connectivity index (χ0v) is 12.6. The lowest BCUT2D eigenvalue weighted by Gasteiger charge is -2.32. The molecular weight excluding hydrogens is 299 g/mol. The molecule has 1 N–H and O–H groups in total. The summed E-state index contributed by atoms with van der Waals surface area (Å²) in [6.45, 7) is 6.83. The second kappa shape index (κ2) is 6.24. The van der Waals surface area contributed by atoms with Gasteiger partial charge in [-0.2, -0.15) is 13.2 Å². The summed E-state index contributed by atoms with van der Waals surface area (Å²) in [7, 11) is 0. The van der Waals surface area contributed by atoms with E-state index in [1.165, 1.54) is 6.07 Å². The number of nitrogens with one attached hydrogen (secondary N) is 1. The second-order valence-electron chi connectivity index (χ2n) is 5.73. The monoisotopic (exact) mass is 319 g/mol. The second-order valence-corrected chi connectivity index (χ2v) is 6.90. The Morgan fingerprint density at radius 2 is 1.95 bits per heavy atom. The van der Waals surface area contributed by atoms with Crippen LogP contribution in [0, 0.1) is 0 Å². The minimum atomic E-state index is -4.21. The van der Waals surface area contributed by atoms with Crippen LogP contribution in [0.2, 0.25) is 0 Å². The van der Waals surface area contributed by atoms with Gasteiger partial charge in [0.2, 0.25) is 0 Å². The van der Waals surface area contributed by atoms with Crippen molar-refractivity contribution in [3.05, 3.63) is 21.9 Å². The van der Waals surface area contributed by atoms with E-state index in [1.54, 1.807) is 6.07 Å². The van der Waals surface area contributed by atoms with E-state index in [2.05, 4.69) is 15.1 Å². The summed E-state index contributed by atoms with van der Waals surface area (Å²) in [5.74, 6) is 0. The summed E-state index contributed by atoms with van der Waals surface area (Å²) in [5.41, 5.74) is 0. The van der Waals surface area contributed by atoms with Crippen LogP contribution < -0.4 is 5.32 Å². The van der Waals surface area contributed by atoms with Crippen LogP contribution in [-0.2, 0) is 12.7 Å². The number of likely N-dealkylation sites (tertiary alicyclic amines) is 1. The molecule has 0 amide bonds. The lowest BCUT2D eigenvalue weighted by atomic mass is 10.2. The van der Waals surface area contributed by atoms with E-state index in [9.17, 15) is 13.2 Å². The van der Waals surface area contributed by atoms with E-state index in [0.717, 1.165) is 61.9 Å². The van der Waals surface area contributed by atoms with E-state index < -0.39 is 11.1 Å². The molecule has 3 heterocycles. The van der Waals surface area contributed by atoms with Gasteiger partial charge in [0.05, 0.1) is 0 Å². The van der Waals surface area contributed by atoms with Gasteiger partial charge < -0.3 is 5.32 Å². The van der Waals surface area contributed by atoms with Gasteiger partial charge in [-0.25, -0.2) is 0 Å². The first-order chi connectivity index (χ1) is 10.0. The van der Waals surface area contributed by atoms with Crippen molar-refractivity contribution in [3.8, 4) is 0 Å². The van der Waals surface area contributed by atoms with E-state index in [0.29, 0.717) is 12.6 Å². The first-order valence-corrected chi connectivity index (χ1v) is 8.17. The van der Waals surface area contributed by atoms with Crippen molar-refractivity contribution in [3.63, 3.8) is 0 Å². The zero-order chi connectivity index (χ0) is 14.9. The number of nitrogens with zero attached hydrogens (tertiary/aromatic N) is 2. The maximum atomic E-state index is 12.6. The Kier molecular flexibility index (Phi) is 4.54. The van der Waals surface area contributed by atoms with Gasteiger partial charge in [0, 0.05) is 56.7 Å². The molecule has 21 heavy (non-hydrogen) atoms. The molecule has 0 aromatic carbocycles. The Morgan fingerprint density at radius 1 is 1.19 bits per heavy atom. The highest BCUT2D eigenvalue weighted by molar-refractivity contribution is 7.12. The molecule has 3 nitrogen and oxygen atoms in total. The average molecular weight is 319 g/mol. The van der Waals surface area contributed by atoms with Crippen molar-refractivity contribution in [2.24, 2.45) is 0 Å². The zero-order valence-electron chi connectivity index (χ0n) is 11.8. The van der Waals surface area contributed by atoms with Gasteiger partial charge in [-0.3, -0.25) is 9.80 Å². The van der Waals surface area contributed by atoms with Crippen LogP contribution in [0.3, 0.4) is 0 Å². The molecule has 0 radical (unpaired) electrons. The number of hydrogen-bond donors (Lipinski definition) is 1. The Labute approximate surface area is 126 Å². The molecule has 3 rings (SSSR count). The van der Waals surface area contributed by atoms with Gasteiger partial charge in [-0.15, -0.1) is 11.3 Å². The molecule has 2 fully saturated rings. The quantitative estimate of drug-likeness (QED) is 0.922. The smallest absolute Gasteiger partial charge is 0.314 e. The van der Waals surface area contributed by atoms with Gasteiger partial charge in [0.15, 0.2) is 0 Å². The normalized spacial score (nSPS) is 25.6. The van der Waals surface area contributed by atoms with Crippen LogP contribution in [0.25, 0.3) is 0 Å². The molecule has 0 saturated carbocycles. The third-order valence-corrected chi connectivity index (χ3v) is 5.35. The molecule has 0 spiro atoms. The predicted octanol–water partition coefficient (Wildman–Crippen LogP) is 2.25. The van der Waals surface area contributed by atoms with Crippen LogP contribution in [-0.4, -0.2) is 55.1 Å². The minimum absolute atomic E-state index is 0.490. The van der Waals surface area contributed by atoms with Gasteiger partial charge in [0.1, 0.15) is 4.88 Å². The Hall–Kier alpha value is -0.630. The van der Waals surface area contributed by atoms with E-state index in [4.69, 9.17) is 0 Å². The number of piperazine rings is 1. The fourth-order valence-electron chi connectivity index (χ4n) is 3.14. The number of halogens is 3. The largest absolute Gasteiger partial charge is 0.425 e. The molecule has 0 bridgehead atoms. The van der Waals surface area contributed by atoms with Crippen LogP contribution >= 0.6 is 11.3 Å². The topological polar surface area (TPSA) is 18.5 Å². The first kappa shape index (κ1) is 15.3. The summed E-state index contributed by atoms with van der Waals surface area (Å²) in [5, 5.41) is 3.35. The van der Waals surface area contributed by atoms with E-state index in [1.807, 2.05) is 0 Å². The van der Waals surface area contributed by atoms with Crippen LogP contribution in [0.5, 0.6) is 0 Å². The van der Waals surface area contributed by atoms with Crippen molar-refractivity contribution < 1.29 is 13.2 Å². The molecule has 118 valence electrons. The Morgan fingerprint density at radius 3 is 2.62 bits per heavy atom. The van der Waals surface area contributed by atoms with Crippen LogP contribution in [0.1, 0.15) is 16.2 Å². The fraction of sp³-hybridized carbons (Fsp3) is 0.714. The predicted molar refractivity (Wildman–Crippen MR) is 77.4 cm³/mol. The minimum Gasteiger partial charge on any atom is -0.314 e. The molecule has 2 aliphatic rings. The summed E-state index contributed by atoms with van der Waals surface area (Å²) >= 11 is 0.873. The summed E-state index contributed by atoms with van der Waals surface area (Å²) in [4.78, 5) is 5.10. The molecule has 0 aliphatic carbocycles. The highest BCUT2D eigenvalue weighted by Crippen LogP contribution is 2.35. The third kappa shape index (κ3) is 3.77. The van der Waals surface area contributed by atoms with E-state index >= 15 is 0 Å². The molecule has 2 aliphatic heterocycles. The molecule has 1 aromatic heterocycles. The molecular formula is C14H20F3N3S. The highest BCUT2D eigenvalue weighted by Gasteiger charge is 2.33. The lowest BCUT2D eigenvalue weighted by Crippen LogP contribution is -2.49. The Balaban J connectivity index is 1.53. The highest BCUT2D eigenvalue weighted by atomic mass is 32.1. The number of hydrogen-bond acceptors (Lipinski definition) is 4. The van der Waals surface area contributed by atoms with Gasteiger partial charge >= 0.3 is 6.18 Å². The average Bonchev–Trinajstić information content (AvgIpc) is 3.09. The van der Waals surface area contributed by atoms with Crippen molar-refractivity contribution >= 4 is 11.3 Å². The standard InChI is InChI=1S/C14H20F3N3S/c15-14(16,17)13-2-1-12(21-13)10-19-6-3-11(9-19)20-7-4-18-5-8-20/h1-2,11,18H,3-10H2. The fourth-order valence-corrected chi connectivity index (χ4v) is 4.05. The van der Waals surface area contributed by atoms with Crippen molar-refractivity contribution in [2.45, 2.75) is 25.2 Å². The van der Waals surface area contributed by atoms with Crippen molar-refractivity contribution in [1.82, 2.24) is 15.1 Å². The summed E-state index contributed by atoms with van der Waals surface area (Å²) in [6.07, 6.45) is -3.09.